The minimum Gasteiger partial charge on any atom is -0.492 e. The van der Waals surface area contributed by atoms with E-state index in [1.54, 1.807) is 0 Å². The summed E-state index contributed by atoms with van der Waals surface area (Å²) in [4.78, 5) is 12.8. The molecule has 1 heterocycles. The fraction of sp³-hybridized carbons (Fsp3) is 0.125. The van der Waals surface area contributed by atoms with E-state index in [0.29, 0.717) is 24.5 Å². The van der Waals surface area contributed by atoms with E-state index >= 15 is 0 Å². The Kier molecular flexibility index (Phi) is 5.38. The Morgan fingerprint density at radius 1 is 0.750 bits per heavy atom. The number of Topliss-reactive ketones (excluding diaryl/α,β-unsaturated/α-hetero) is 1. The fourth-order valence-corrected chi connectivity index (χ4v) is 3.18. The highest BCUT2D eigenvalue weighted by atomic mass is 16.5. The van der Waals surface area contributed by atoms with Crippen molar-refractivity contribution in [2.24, 2.45) is 0 Å². The van der Waals surface area contributed by atoms with Crippen molar-refractivity contribution >= 4 is 16.7 Å². The number of hydrogen-bond donors (Lipinski definition) is 0. The summed E-state index contributed by atoms with van der Waals surface area (Å²) < 4.78 is 13.5. The molecule has 28 heavy (non-hydrogen) atoms. The van der Waals surface area contributed by atoms with Crippen molar-refractivity contribution in [1.29, 1.82) is 0 Å². The van der Waals surface area contributed by atoms with Gasteiger partial charge in [0.15, 0.2) is 6.61 Å². The van der Waals surface area contributed by atoms with Gasteiger partial charge in [0.2, 0.25) is 5.78 Å². The van der Waals surface area contributed by atoms with Crippen molar-refractivity contribution in [2.75, 3.05) is 13.2 Å². The molecule has 1 aromatic heterocycles. The van der Waals surface area contributed by atoms with Gasteiger partial charge < -0.3 is 14.0 Å². The second-order valence-corrected chi connectivity index (χ2v) is 6.44. The van der Waals surface area contributed by atoms with E-state index in [9.17, 15) is 4.79 Å². The van der Waals surface area contributed by atoms with Crippen molar-refractivity contribution in [3.05, 3.63) is 96.7 Å². The van der Waals surface area contributed by atoms with E-state index in [1.807, 2.05) is 91.1 Å². The molecule has 0 aliphatic carbocycles. The van der Waals surface area contributed by atoms with Gasteiger partial charge >= 0.3 is 0 Å². The molecular formula is C24H21NO3. The molecule has 0 bridgehead atoms. The van der Waals surface area contributed by atoms with Crippen molar-refractivity contribution in [3.63, 3.8) is 0 Å². The minimum absolute atomic E-state index is 0.0124. The summed E-state index contributed by atoms with van der Waals surface area (Å²) in [6.45, 7) is 1.19. The number of hydrogen-bond acceptors (Lipinski definition) is 3. The Hall–Kier alpha value is -3.53. The average molecular weight is 371 g/mol. The van der Waals surface area contributed by atoms with Gasteiger partial charge in [-0.15, -0.1) is 0 Å². The molecule has 0 aliphatic heterocycles. The van der Waals surface area contributed by atoms with Crippen LogP contribution in [-0.2, 0) is 6.54 Å². The van der Waals surface area contributed by atoms with Gasteiger partial charge in [0.05, 0.1) is 6.54 Å². The molecule has 4 aromatic rings. The molecular weight excluding hydrogens is 350 g/mol. The maximum atomic E-state index is 12.8. The first-order valence-electron chi connectivity index (χ1n) is 9.28. The van der Waals surface area contributed by atoms with Crippen LogP contribution < -0.4 is 9.47 Å². The van der Waals surface area contributed by atoms with Crippen LogP contribution in [0.1, 0.15) is 10.4 Å². The number of para-hydroxylation sites is 3. The number of fused-ring (bicyclic) bond motifs is 1. The van der Waals surface area contributed by atoms with Gasteiger partial charge in [0, 0.05) is 22.7 Å². The summed E-state index contributed by atoms with van der Waals surface area (Å²) in [7, 11) is 0. The van der Waals surface area contributed by atoms with Crippen LogP contribution in [0.4, 0.5) is 0 Å². The molecule has 0 N–H and O–H groups in total. The lowest BCUT2D eigenvalue weighted by Gasteiger charge is -2.08. The van der Waals surface area contributed by atoms with Gasteiger partial charge in [-0.1, -0.05) is 54.6 Å². The van der Waals surface area contributed by atoms with Crippen molar-refractivity contribution in [1.82, 2.24) is 4.57 Å². The largest absolute Gasteiger partial charge is 0.492 e. The van der Waals surface area contributed by atoms with E-state index in [0.717, 1.165) is 16.7 Å². The first-order chi connectivity index (χ1) is 13.8. The van der Waals surface area contributed by atoms with Crippen LogP contribution in [0.25, 0.3) is 10.9 Å². The first-order valence-corrected chi connectivity index (χ1v) is 9.28. The third kappa shape index (κ3) is 4.07. The van der Waals surface area contributed by atoms with Crippen LogP contribution in [-0.4, -0.2) is 23.6 Å². The van der Waals surface area contributed by atoms with E-state index in [1.165, 1.54) is 0 Å². The third-order valence-electron chi connectivity index (χ3n) is 4.55. The topological polar surface area (TPSA) is 40.5 Å². The number of benzene rings is 3. The van der Waals surface area contributed by atoms with Crippen LogP contribution in [0.5, 0.6) is 11.5 Å². The van der Waals surface area contributed by atoms with Gasteiger partial charge in [-0.05, 0) is 30.3 Å². The molecule has 4 heteroatoms. The quantitative estimate of drug-likeness (QED) is 0.410. The third-order valence-corrected chi connectivity index (χ3v) is 4.55. The second-order valence-electron chi connectivity index (χ2n) is 6.44. The Balaban J connectivity index is 1.48. The summed E-state index contributed by atoms with van der Waals surface area (Å²) in [5, 5.41) is 0.934. The predicted molar refractivity (Wildman–Crippen MR) is 110 cm³/mol. The molecule has 0 spiro atoms. The monoisotopic (exact) mass is 371 g/mol. The second kappa shape index (κ2) is 8.44. The minimum atomic E-state index is -0.0391. The summed E-state index contributed by atoms with van der Waals surface area (Å²) >= 11 is 0. The van der Waals surface area contributed by atoms with E-state index in [2.05, 4.69) is 4.57 Å². The molecule has 0 unspecified atom stereocenters. The number of carbonyl (C=O) groups is 1. The van der Waals surface area contributed by atoms with Crippen molar-refractivity contribution in [2.45, 2.75) is 6.54 Å². The average Bonchev–Trinajstić information content (AvgIpc) is 3.12. The van der Waals surface area contributed by atoms with Crippen LogP contribution in [0.3, 0.4) is 0 Å². The number of ether oxygens (including phenoxy) is 2. The van der Waals surface area contributed by atoms with Crippen LogP contribution in [0.15, 0.2) is 91.1 Å². The maximum Gasteiger partial charge on any atom is 0.202 e. The van der Waals surface area contributed by atoms with Gasteiger partial charge in [-0.25, -0.2) is 0 Å². The summed E-state index contributed by atoms with van der Waals surface area (Å²) in [5.41, 5.74) is 1.69. The summed E-state index contributed by atoms with van der Waals surface area (Å²) in [6, 6.07) is 27.0. The lowest BCUT2D eigenvalue weighted by Crippen LogP contribution is -2.11. The molecule has 3 aromatic carbocycles. The number of ketones is 1. The van der Waals surface area contributed by atoms with E-state index in [4.69, 9.17) is 9.47 Å². The Labute approximate surface area is 163 Å². The molecule has 0 fully saturated rings. The van der Waals surface area contributed by atoms with Gasteiger partial charge in [-0.2, -0.15) is 0 Å². The SMILES string of the molecule is O=C(COc1ccccc1)c1cn(CCOc2ccccc2)c2ccccc12. The number of rotatable bonds is 8. The first kappa shape index (κ1) is 17.9. The number of carbonyl (C=O) groups excluding carboxylic acids is 1. The van der Waals surface area contributed by atoms with Gasteiger partial charge in [-0.3, -0.25) is 4.79 Å². The number of nitrogens with zero attached hydrogens (tertiary/aromatic N) is 1. The molecule has 0 saturated heterocycles. The molecule has 0 aliphatic rings. The van der Waals surface area contributed by atoms with Gasteiger partial charge in [0.25, 0.3) is 0 Å². The van der Waals surface area contributed by atoms with E-state index < -0.39 is 0 Å². The highest BCUT2D eigenvalue weighted by molar-refractivity contribution is 6.08. The molecule has 4 nitrogen and oxygen atoms in total. The Bertz CT molecular complexity index is 1060. The predicted octanol–water partition coefficient (Wildman–Crippen LogP) is 4.98. The Morgan fingerprint density at radius 3 is 2.07 bits per heavy atom. The van der Waals surface area contributed by atoms with Crippen molar-refractivity contribution in [3.8, 4) is 11.5 Å². The van der Waals surface area contributed by atoms with E-state index in [-0.39, 0.29) is 12.4 Å². The molecule has 0 saturated carbocycles. The zero-order chi connectivity index (χ0) is 19.2. The lowest BCUT2D eigenvalue weighted by molar-refractivity contribution is 0.0923. The lowest BCUT2D eigenvalue weighted by atomic mass is 10.1. The van der Waals surface area contributed by atoms with Crippen LogP contribution in [0.2, 0.25) is 0 Å². The van der Waals surface area contributed by atoms with Crippen LogP contribution >= 0.6 is 0 Å². The van der Waals surface area contributed by atoms with Crippen LogP contribution in [0, 0.1) is 0 Å². The maximum absolute atomic E-state index is 12.8. The number of aromatic nitrogens is 1. The van der Waals surface area contributed by atoms with Gasteiger partial charge in [0.1, 0.15) is 18.1 Å². The molecule has 4 rings (SSSR count). The molecule has 0 amide bonds. The summed E-state index contributed by atoms with van der Waals surface area (Å²) in [6.07, 6.45) is 1.90. The summed E-state index contributed by atoms with van der Waals surface area (Å²) in [5.74, 6) is 1.49. The standard InChI is InChI=1S/C24H21NO3/c26-24(18-28-20-11-5-2-6-12-20)22-17-25(23-14-8-7-13-21(22)23)15-16-27-19-9-3-1-4-10-19/h1-14,17H,15-16,18H2. The fourth-order valence-electron chi connectivity index (χ4n) is 3.18. The van der Waals surface area contributed by atoms with Crippen molar-refractivity contribution < 1.29 is 14.3 Å². The molecule has 0 radical (unpaired) electrons. The molecule has 0 atom stereocenters. The smallest absolute Gasteiger partial charge is 0.202 e. The highest BCUT2D eigenvalue weighted by Crippen LogP contribution is 2.22. The Morgan fingerprint density at radius 2 is 1.36 bits per heavy atom. The normalized spacial score (nSPS) is 10.7. The zero-order valence-corrected chi connectivity index (χ0v) is 15.5. The molecule has 140 valence electrons. The zero-order valence-electron chi connectivity index (χ0n) is 15.5. The highest BCUT2D eigenvalue weighted by Gasteiger charge is 2.15.